The topological polar surface area (TPSA) is 121 Å². The molecule has 0 spiro atoms. The summed E-state index contributed by atoms with van der Waals surface area (Å²) in [6.07, 6.45) is 0.910. The minimum atomic E-state index is -1.02. The van der Waals surface area contributed by atoms with Gasteiger partial charge in [-0.3, -0.25) is 24.3 Å². The number of aromatic nitrogens is 1. The number of ether oxygens (including phenoxy) is 1. The van der Waals surface area contributed by atoms with Crippen molar-refractivity contribution in [3.05, 3.63) is 92.9 Å². The number of nitro groups is 1. The fraction of sp³-hybridized carbons (Fsp3) is 0.0952. The molecule has 1 amide bonds. The van der Waals surface area contributed by atoms with Gasteiger partial charge in [0.25, 0.3) is 11.2 Å². The first kappa shape index (κ1) is 20.5. The summed E-state index contributed by atoms with van der Waals surface area (Å²) in [7, 11) is 1.05. The van der Waals surface area contributed by atoms with Gasteiger partial charge in [0, 0.05) is 11.8 Å². The molecule has 0 unspecified atom stereocenters. The molecule has 0 aliphatic carbocycles. The van der Waals surface area contributed by atoms with Crippen LogP contribution in [0.15, 0.2) is 71.7 Å². The third kappa shape index (κ3) is 4.58. The van der Waals surface area contributed by atoms with Gasteiger partial charge in [-0.2, -0.15) is 0 Å². The normalized spacial score (nSPS) is 10.3. The van der Waals surface area contributed by atoms with Crippen molar-refractivity contribution >= 4 is 23.3 Å². The zero-order valence-corrected chi connectivity index (χ0v) is 15.9. The first-order valence-electron chi connectivity index (χ1n) is 8.81. The number of pyridine rings is 1. The summed E-state index contributed by atoms with van der Waals surface area (Å²) in [5.41, 5.74) is 0.593. The summed E-state index contributed by atoms with van der Waals surface area (Å²) in [5.74, 6) is -1.60. The molecule has 0 aliphatic heterocycles. The Morgan fingerprint density at radius 2 is 1.70 bits per heavy atom. The van der Waals surface area contributed by atoms with Crippen LogP contribution in [0.3, 0.4) is 0 Å². The highest BCUT2D eigenvalue weighted by Gasteiger charge is 2.20. The molecular formula is C21H17N3O6. The van der Waals surface area contributed by atoms with Crippen LogP contribution < -0.4 is 10.9 Å². The summed E-state index contributed by atoms with van der Waals surface area (Å²) in [6.45, 7) is -0.509. The van der Waals surface area contributed by atoms with Crippen LogP contribution in [-0.2, 0) is 16.1 Å². The first-order chi connectivity index (χ1) is 14.4. The van der Waals surface area contributed by atoms with Crippen LogP contribution in [-0.4, -0.2) is 28.5 Å². The van der Waals surface area contributed by atoms with E-state index in [0.717, 1.165) is 35.1 Å². The summed E-state index contributed by atoms with van der Waals surface area (Å²) in [4.78, 5) is 46.8. The van der Waals surface area contributed by atoms with E-state index in [4.69, 9.17) is 0 Å². The Labute approximate surface area is 170 Å². The van der Waals surface area contributed by atoms with E-state index in [0.29, 0.717) is 5.69 Å². The lowest BCUT2D eigenvalue weighted by atomic mass is 10.1. The van der Waals surface area contributed by atoms with Gasteiger partial charge in [-0.05, 0) is 23.3 Å². The fourth-order valence-corrected chi connectivity index (χ4v) is 2.83. The van der Waals surface area contributed by atoms with Crippen molar-refractivity contribution in [2.75, 3.05) is 12.4 Å². The molecule has 9 heteroatoms. The molecule has 30 heavy (non-hydrogen) atoms. The number of methoxy groups -OCH3 is 1. The lowest BCUT2D eigenvalue weighted by molar-refractivity contribution is -0.385. The molecule has 9 nitrogen and oxygen atoms in total. The Bertz CT molecular complexity index is 1150. The molecule has 0 saturated carbocycles. The minimum Gasteiger partial charge on any atom is -0.465 e. The zero-order chi connectivity index (χ0) is 21.7. The summed E-state index contributed by atoms with van der Waals surface area (Å²) < 4.78 is 5.28. The Balaban J connectivity index is 1.79. The molecule has 0 atom stereocenters. The molecule has 0 aliphatic rings. The van der Waals surface area contributed by atoms with Crippen LogP contribution in [0.5, 0.6) is 0 Å². The number of nitrogens with zero attached hydrogens (tertiary/aromatic N) is 2. The third-order valence-electron chi connectivity index (χ3n) is 4.28. The maximum absolute atomic E-state index is 12.4. The minimum absolute atomic E-state index is 0.492. The van der Waals surface area contributed by atoms with E-state index < -0.39 is 40.2 Å². The number of rotatable bonds is 6. The van der Waals surface area contributed by atoms with Crippen LogP contribution in [0.4, 0.5) is 11.4 Å². The van der Waals surface area contributed by atoms with Crippen molar-refractivity contribution < 1.29 is 19.2 Å². The van der Waals surface area contributed by atoms with Gasteiger partial charge in [0.2, 0.25) is 5.91 Å². The van der Waals surface area contributed by atoms with Gasteiger partial charge in [-0.25, -0.2) is 4.79 Å². The summed E-state index contributed by atoms with van der Waals surface area (Å²) >= 11 is 0. The van der Waals surface area contributed by atoms with Gasteiger partial charge < -0.3 is 10.1 Å². The number of nitrogens with one attached hydrogen (secondary N) is 1. The molecular weight excluding hydrogens is 390 g/mol. The Morgan fingerprint density at radius 1 is 1.07 bits per heavy atom. The second kappa shape index (κ2) is 8.82. The Hall–Kier alpha value is -4.27. The molecule has 1 aromatic heterocycles. The lowest BCUT2D eigenvalue weighted by Gasteiger charge is -2.09. The highest BCUT2D eigenvalue weighted by Crippen LogP contribution is 2.21. The largest absolute Gasteiger partial charge is 0.465 e. The molecule has 152 valence electrons. The molecule has 0 saturated heterocycles. The van der Waals surface area contributed by atoms with Gasteiger partial charge in [0.05, 0.1) is 18.2 Å². The highest BCUT2D eigenvalue weighted by atomic mass is 16.6. The van der Waals surface area contributed by atoms with Crippen LogP contribution in [0.2, 0.25) is 0 Å². The van der Waals surface area contributed by atoms with E-state index in [1.165, 1.54) is 0 Å². The molecule has 2 aromatic carbocycles. The predicted molar refractivity (Wildman–Crippen MR) is 109 cm³/mol. The van der Waals surface area contributed by atoms with E-state index in [-0.39, 0.29) is 0 Å². The van der Waals surface area contributed by atoms with E-state index in [9.17, 15) is 24.5 Å². The van der Waals surface area contributed by atoms with Crippen molar-refractivity contribution in [1.82, 2.24) is 4.57 Å². The number of anilines is 1. The van der Waals surface area contributed by atoms with Crippen LogP contribution >= 0.6 is 0 Å². The van der Waals surface area contributed by atoms with Crippen molar-refractivity contribution in [2.45, 2.75) is 6.54 Å². The van der Waals surface area contributed by atoms with Crippen LogP contribution in [0, 0.1) is 10.1 Å². The first-order valence-corrected chi connectivity index (χ1v) is 8.81. The number of hydrogen-bond acceptors (Lipinski definition) is 6. The van der Waals surface area contributed by atoms with Crippen molar-refractivity contribution in [1.29, 1.82) is 0 Å². The standard InChI is InChI=1S/C21H17N3O6/c1-30-21(27)18-11-17(24(28)29)12-23(20(18)26)13-19(25)22-16-9-7-15(8-10-16)14-5-3-2-4-6-14/h2-12H,13H2,1H3,(H,22,25). The smallest absolute Gasteiger partial charge is 0.343 e. The van der Waals surface area contributed by atoms with Gasteiger partial charge in [0.15, 0.2) is 0 Å². The van der Waals surface area contributed by atoms with Gasteiger partial charge >= 0.3 is 5.97 Å². The van der Waals surface area contributed by atoms with Crippen molar-refractivity contribution in [3.8, 4) is 11.1 Å². The van der Waals surface area contributed by atoms with Crippen LogP contribution in [0.1, 0.15) is 10.4 Å². The molecule has 0 bridgehead atoms. The second-order valence-electron chi connectivity index (χ2n) is 6.29. The van der Waals surface area contributed by atoms with E-state index >= 15 is 0 Å². The van der Waals surface area contributed by atoms with Crippen LogP contribution in [0.25, 0.3) is 11.1 Å². The molecule has 3 aromatic rings. The summed E-state index contributed by atoms with van der Waals surface area (Å²) in [6, 6.07) is 17.6. The average Bonchev–Trinajstić information content (AvgIpc) is 2.75. The van der Waals surface area contributed by atoms with E-state index in [1.807, 2.05) is 42.5 Å². The van der Waals surface area contributed by atoms with Gasteiger partial charge in [-0.15, -0.1) is 0 Å². The molecule has 0 radical (unpaired) electrons. The van der Waals surface area contributed by atoms with E-state index in [1.54, 1.807) is 12.1 Å². The number of amides is 1. The molecule has 1 heterocycles. The maximum atomic E-state index is 12.4. The molecule has 1 N–H and O–H groups in total. The number of carbonyl (C=O) groups is 2. The predicted octanol–water partition coefficient (Wildman–Crippen LogP) is 2.85. The van der Waals surface area contributed by atoms with E-state index in [2.05, 4.69) is 10.1 Å². The highest BCUT2D eigenvalue weighted by molar-refractivity contribution is 5.92. The lowest BCUT2D eigenvalue weighted by Crippen LogP contribution is -2.31. The fourth-order valence-electron chi connectivity index (χ4n) is 2.83. The van der Waals surface area contributed by atoms with Gasteiger partial charge in [-0.1, -0.05) is 42.5 Å². The Kier molecular flexibility index (Phi) is 6.02. The SMILES string of the molecule is COC(=O)c1cc([N+](=O)[O-])cn(CC(=O)Nc2ccc(-c3ccccc3)cc2)c1=O. The zero-order valence-electron chi connectivity index (χ0n) is 15.9. The van der Waals surface area contributed by atoms with Gasteiger partial charge in [0.1, 0.15) is 12.1 Å². The maximum Gasteiger partial charge on any atom is 0.343 e. The monoisotopic (exact) mass is 407 g/mol. The number of hydrogen-bond donors (Lipinski definition) is 1. The molecule has 3 rings (SSSR count). The number of benzene rings is 2. The Morgan fingerprint density at radius 3 is 2.30 bits per heavy atom. The summed E-state index contributed by atoms with van der Waals surface area (Å²) in [5, 5.41) is 13.7. The van der Waals surface area contributed by atoms with Crippen molar-refractivity contribution in [2.24, 2.45) is 0 Å². The second-order valence-corrected chi connectivity index (χ2v) is 6.29. The number of esters is 1. The number of carbonyl (C=O) groups excluding carboxylic acids is 2. The average molecular weight is 407 g/mol. The van der Waals surface area contributed by atoms with Crippen molar-refractivity contribution in [3.63, 3.8) is 0 Å². The molecule has 0 fully saturated rings. The third-order valence-corrected chi connectivity index (χ3v) is 4.28. The quantitative estimate of drug-likeness (QED) is 0.381.